The van der Waals surface area contributed by atoms with E-state index < -0.39 is 0 Å². The molecular formula is C18H27NO3S. The van der Waals surface area contributed by atoms with E-state index in [1.54, 1.807) is 11.3 Å². The summed E-state index contributed by atoms with van der Waals surface area (Å²) in [6.45, 7) is 2.16. The number of carbonyl (C=O) groups excluding carboxylic acids is 2. The number of aryl methyl sites for hydroxylation is 1. The van der Waals surface area contributed by atoms with Gasteiger partial charge >= 0.3 is 5.97 Å². The first-order chi connectivity index (χ1) is 11.3. The van der Waals surface area contributed by atoms with Crippen molar-refractivity contribution >= 4 is 28.7 Å². The first-order valence-corrected chi connectivity index (χ1v) is 9.61. The van der Waals surface area contributed by atoms with Crippen molar-refractivity contribution in [2.75, 3.05) is 11.9 Å². The molecule has 5 heteroatoms. The molecule has 0 atom stereocenters. The summed E-state index contributed by atoms with van der Waals surface area (Å²) in [5.74, 6) is -0.304. The topological polar surface area (TPSA) is 55.4 Å². The number of hydrogen-bond acceptors (Lipinski definition) is 4. The minimum absolute atomic E-state index is 0.304. The van der Waals surface area contributed by atoms with Gasteiger partial charge in [0.1, 0.15) is 5.00 Å². The molecule has 128 valence electrons. The molecule has 1 aromatic heterocycles. The summed E-state index contributed by atoms with van der Waals surface area (Å²) in [6.07, 6.45) is 12.5. The minimum Gasteiger partial charge on any atom is -0.462 e. The van der Waals surface area contributed by atoms with E-state index >= 15 is 0 Å². The van der Waals surface area contributed by atoms with Crippen LogP contribution in [0.2, 0.25) is 0 Å². The summed E-state index contributed by atoms with van der Waals surface area (Å²) in [7, 11) is 0. The molecule has 0 bridgehead atoms. The van der Waals surface area contributed by atoms with E-state index in [0.717, 1.165) is 31.2 Å². The smallest absolute Gasteiger partial charge is 0.341 e. The number of esters is 1. The number of nitrogens with one attached hydrogen (secondary N) is 1. The van der Waals surface area contributed by atoms with Crippen molar-refractivity contribution in [2.24, 2.45) is 0 Å². The average Bonchev–Trinajstić information content (AvgIpc) is 2.85. The zero-order chi connectivity index (χ0) is 16.5. The zero-order valence-electron chi connectivity index (χ0n) is 14.0. The fourth-order valence-electron chi connectivity index (χ4n) is 3.20. The highest BCUT2D eigenvalue weighted by atomic mass is 32.1. The molecule has 0 saturated carbocycles. The van der Waals surface area contributed by atoms with Gasteiger partial charge in [0.2, 0.25) is 6.41 Å². The van der Waals surface area contributed by atoms with Gasteiger partial charge in [-0.25, -0.2) is 4.79 Å². The zero-order valence-corrected chi connectivity index (χ0v) is 14.8. The van der Waals surface area contributed by atoms with E-state index in [9.17, 15) is 9.59 Å². The van der Waals surface area contributed by atoms with Crippen LogP contribution in [0.5, 0.6) is 0 Å². The van der Waals surface area contributed by atoms with E-state index in [4.69, 9.17) is 4.74 Å². The van der Waals surface area contributed by atoms with Crippen LogP contribution in [0.3, 0.4) is 0 Å². The van der Waals surface area contributed by atoms with Crippen LogP contribution in [0.25, 0.3) is 0 Å². The molecule has 0 aromatic carbocycles. The summed E-state index contributed by atoms with van der Waals surface area (Å²) in [6, 6.07) is 0. The Balaban J connectivity index is 2.30. The Labute approximate surface area is 142 Å². The number of amides is 1. The molecule has 0 saturated heterocycles. The number of hydrogen-bond donors (Lipinski definition) is 1. The summed E-state index contributed by atoms with van der Waals surface area (Å²) in [5, 5.41) is 3.36. The molecule has 1 aliphatic rings. The largest absolute Gasteiger partial charge is 0.462 e. The monoisotopic (exact) mass is 337 g/mol. The Morgan fingerprint density at radius 3 is 2.30 bits per heavy atom. The van der Waals surface area contributed by atoms with Gasteiger partial charge in [0.25, 0.3) is 0 Å². The molecule has 4 nitrogen and oxygen atoms in total. The summed E-state index contributed by atoms with van der Waals surface area (Å²) in [4.78, 5) is 24.5. The van der Waals surface area contributed by atoms with E-state index in [1.807, 2.05) is 6.92 Å². The van der Waals surface area contributed by atoms with Gasteiger partial charge < -0.3 is 10.1 Å². The third-order valence-corrected chi connectivity index (χ3v) is 5.56. The highest BCUT2D eigenvalue weighted by molar-refractivity contribution is 7.16. The second kappa shape index (κ2) is 9.71. The average molecular weight is 337 g/mol. The van der Waals surface area contributed by atoms with Crippen molar-refractivity contribution in [3.8, 4) is 0 Å². The van der Waals surface area contributed by atoms with E-state index in [1.165, 1.54) is 43.4 Å². The molecular weight excluding hydrogens is 310 g/mol. The lowest BCUT2D eigenvalue weighted by atomic mass is 9.97. The minimum atomic E-state index is -0.304. The molecule has 23 heavy (non-hydrogen) atoms. The lowest BCUT2D eigenvalue weighted by Gasteiger charge is -2.10. The molecule has 1 heterocycles. The lowest BCUT2D eigenvalue weighted by Crippen LogP contribution is -2.10. The summed E-state index contributed by atoms with van der Waals surface area (Å²) in [5.41, 5.74) is 1.70. The van der Waals surface area contributed by atoms with Gasteiger partial charge in [-0.2, -0.15) is 0 Å². The van der Waals surface area contributed by atoms with Crippen molar-refractivity contribution in [1.82, 2.24) is 0 Å². The van der Waals surface area contributed by atoms with Crippen LogP contribution in [0.1, 0.15) is 79.1 Å². The summed E-state index contributed by atoms with van der Waals surface area (Å²) >= 11 is 1.55. The van der Waals surface area contributed by atoms with Crippen LogP contribution in [0.4, 0.5) is 5.00 Å². The van der Waals surface area contributed by atoms with Crippen LogP contribution in [0.15, 0.2) is 0 Å². The second-order valence-corrected chi connectivity index (χ2v) is 7.12. The first kappa shape index (κ1) is 18.0. The van der Waals surface area contributed by atoms with E-state index in [2.05, 4.69) is 5.32 Å². The fraction of sp³-hybridized carbons (Fsp3) is 0.667. The molecule has 0 radical (unpaired) electrons. The Kier molecular flexibility index (Phi) is 7.59. The molecule has 0 fully saturated rings. The van der Waals surface area contributed by atoms with Crippen molar-refractivity contribution in [1.29, 1.82) is 0 Å². The van der Waals surface area contributed by atoms with Gasteiger partial charge in [0.15, 0.2) is 0 Å². The Hall–Kier alpha value is -1.36. The first-order valence-electron chi connectivity index (χ1n) is 8.79. The molecule has 0 aliphatic heterocycles. The highest BCUT2D eigenvalue weighted by Gasteiger charge is 2.24. The van der Waals surface area contributed by atoms with Gasteiger partial charge in [-0.05, 0) is 38.2 Å². The van der Waals surface area contributed by atoms with Crippen LogP contribution in [-0.2, 0) is 22.4 Å². The van der Waals surface area contributed by atoms with Crippen LogP contribution < -0.4 is 5.32 Å². The Morgan fingerprint density at radius 2 is 1.70 bits per heavy atom. The third-order valence-electron chi connectivity index (χ3n) is 4.34. The quantitative estimate of drug-likeness (QED) is 0.639. The van der Waals surface area contributed by atoms with Gasteiger partial charge in [-0.3, -0.25) is 4.79 Å². The summed E-state index contributed by atoms with van der Waals surface area (Å²) < 4.78 is 5.22. The van der Waals surface area contributed by atoms with Crippen molar-refractivity contribution < 1.29 is 14.3 Å². The van der Waals surface area contributed by atoms with Crippen molar-refractivity contribution in [3.05, 3.63) is 16.0 Å². The standard InChI is InChI=1S/C18H27NO3S/c1-2-22-18(21)16-14-11-9-7-5-3-4-6-8-10-12-15(14)23-17(16)19-13-20/h13H,2-12H2,1H3,(H,19,20). The molecule has 1 amide bonds. The predicted molar refractivity (Wildman–Crippen MR) is 94.3 cm³/mol. The van der Waals surface area contributed by atoms with Crippen LogP contribution in [0, 0.1) is 0 Å². The second-order valence-electron chi connectivity index (χ2n) is 6.02. The number of rotatable bonds is 4. The van der Waals surface area contributed by atoms with Crippen molar-refractivity contribution in [2.45, 2.75) is 71.1 Å². The maximum absolute atomic E-state index is 12.4. The van der Waals surface area contributed by atoms with Gasteiger partial charge in [-0.15, -0.1) is 11.3 Å². The Morgan fingerprint density at radius 1 is 1.09 bits per heavy atom. The SMILES string of the molecule is CCOC(=O)c1c(NC=O)sc2c1CCCCCCCCCC2. The van der Waals surface area contributed by atoms with E-state index in [0.29, 0.717) is 23.6 Å². The number of thiophene rings is 1. The third kappa shape index (κ3) is 5.06. The van der Waals surface area contributed by atoms with Gasteiger partial charge in [0, 0.05) is 4.88 Å². The number of ether oxygens (including phenoxy) is 1. The molecule has 0 unspecified atom stereocenters. The lowest BCUT2D eigenvalue weighted by molar-refractivity contribution is -0.105. The highest BCUT2D eigenvalue weighted by Crippen LogP contribution is 2.36. The maximum atomic E-state index is 12.4. The normalized spacial score (nSPS) is 16.6. The van der Waals surface area contributed by atoms with Crippen LogP contribution >= 0.6 is 11.3 Å². The van der Waals surface area contributed by atoms with Crippen LogP contribution in [-0.4, -0.2) is 19.0 Å². The number of fused-ring (bicyclic) bond motifs is 1. The predicted octanol–water partition coefficient (Wildman–Crippen LogP) is 4.71. The van der Waals surface area contributed by atoms with Gasteiger partial charge in [-0.1, -0.05) is 38.5 Å². The molecule has 2 rings (SSSR count). The number of carbonyl (C=O) groups is 2. The van der Waals surface area contributed by atoms with Crippen molar-refractivity contribution in [3.63, 3.8) is 0 Å². The molecule has 1 aromatic rings. The molecule has 1 aliphatic carbocycles. The van der Waals surface area contributed by atoms with E-state index in [-0.39, 0.29) is 5.97 Å². The van der Waals surface area contributed by atoms with Gasteiger partial charge in [0.05, 0.1) is 12.2 Å². The molecule has 1 N–H and O–H groups in total. The Bertz CT molecular complexity index is 525. The number of anilines is 1. The maximum Gasteiger partial charge on any atom is 0.341 e. The molecule has 0 spiro atoms. The fourth-order valence-corrected chi connectivity index (χ4v) is 4.44.